The lowest BCUT2D eigenvalue weighted by molar-refractivity contribution is 0.0723. The van der Waals surface area contributed by atoms with Crippen LogP contribution in [0, 0.1) is 0 Å². The SMILES string of the molecule is COc1ccc([C@H]2C[C@@H](CI)OC(=O)N2)cc1. The van der Waals surface area contributed by atoms with Crippen LogP contribution in [0.5, 0.6) is 5.75 Å². The van der Waals surface area contributed by atoms with Crippen LogP contribution in [0.4, 0.5) is 4.79 Å². The molecule has 0 unspecified atom stereocenters. The lowest BCUT2D eigenvalue weighted by atomic mass is 10.0. The number of carbonyl (C=O) groups is 1. The molecule has 1 aromatic carbocycles. The molecule has 1 N–H and O–H groups in total. The highest BCUT2D eigenvalue weighted by Crippen LogP contribution is 2.26. The molecule has 1 amide bonds. The minimum atomic E-state index is -0.335. The Morgan fingerprint density at radius 1 is 1.47 bits per heavy atom. The second-order valence-electron chi connectivity index (χ2n) is 3.89. The van der Waals surface area contributed by atoms with E-state index in [0.29, 0.717) is 0 Å². The first-order chi connectivity index (χ1) is 8.22. The van der Waals surface area contributed by atoms with Crippen LogP contribution in [0.2, 0.25) is 0 Å². The van der Waals surface area contributed by atoms with Gasteiger partial charge in [-0.25, -0.2) is 4.79 Å². The Hall–Kier alpha value is -0.980. The van der Waals surface area contributed by atoms with Crippen molar-refractivity contribution in [1.29, 1.82) is 0 Å². The number of hydrogen-bond acceptors (Lipinski definition) is 3. The van der Waals surface area contributed by atoms with Gasteiger partial charge in [0.15, 0.2) is 0 Å². The highest BCUT2D eigenvalue weighted by atomic mass is 127. The monoisotopic (exact) mass is 347 g/mol. The van der Waals surface area contributed by atoms with E-state index in [-0.39, 0.29) is 18.2 Å². The van der Waals surface area contributed by atoms with Gasteiger partial charge < -0.3 is 14.8 Å². The van der Waals surface area contributed by atoms with Crippen LogP contribution < -0.4 is 10.1 Å². The normalized spacial score (nSPS) is 23.8. The van der Waals surface area contributed by atoms with E-state index in [1.807, 2.05) is 24.3 Å². The third-order valence-electron chi connectivity index (χ3n) is 2.75. The number of rotatable bonds is 3. The summed E-state index contributed by atoms with van der Waals surface area (Å²) < 4.78 is 11.1. The van der Waals surface area contributed by atoms with Crippen molar-refractivity contribution in [2.75, 3.05) is 11.5 Å². The Kier molecular flexibility index (Phi) is 4.09. The van der Waals surface area contributed by atoms with Gasteiger partial charge in [-0.3, -0.25) is 0 Å². The Balaban J connectivity index is 2.12. The molecule has 0 aromatic heterocycles. The van der Waals surface area contributed by atoms with Gasteiger partial charge in [0.1, 0.15) is 11.9 Å². The van der Waals surface area contributed by atoms with Crippen LogP contribution in [0.15, 0.2) is 24.3 Å². The van der Waals surface area contributed by atoms with Gasteiger partial charge in [-0.1, -0.05) is 34.7 Å². The molecule has 2 atom stereocenters. The van der Waals surface area contributed by atoms with Crippen LogP contribution in [-0.2, 0) is 4.74 Å². The standard InChI is InChI=1S/C12H14INO3/c1-16-9-4-2-8(3-5-9)11-6-10(7-13)17-12(15)14-11/h2-5,10-11H,6-7H2,1H3,(H,14,15)/t10-,11+/m0/s1. The van der Waals surface area contributed by atoms with E-state index in [1.54, 1.807) is 7.11 Å². The molecule has 1 heterocycles. The van der Waals surface area contributed by atoms with E-state index in [0.717, 1.165) is 22.2 Å². The fourth-order valence-electron chi connectivity index (χ4n) is 1.85. The van der Waals surface area contributed by atoms with Crippen molar-refractivity contribution in [3.05, 3.63) is 29.8 Å². The molecule has 0 aliphatic carbocycles. The molecule has 1 aromatic rings. The molecule has 1 aliphatic heterocycles. The van der Waals surface area contributed by atoms with Gasteiger partial charge >= 0.3 is 6.09 Å². The van der Waals surface area contributed by atoms with Crippen LogP contribution >= 0.6 is 22.6 Å². The average molecular weight is 347 g/mol. The Labute approximate surface area is 114 Å². The number of ether oxygens (including phenoxy) is 2. The third kappa shape index (κ3) is 3.02. The number of halogens is 1. The minimum absolute atomic E-state index is 0.00329. The van der Waals surface area contributed by atoms with Crippen molar-refractivity contribution >= 4 is 28.7 Å². The van der Waals surface area contributed by atoms with E-state index in [2.05, 4.69) is 27.9 Å². The molecular formula is C12H14INO3. The summed E-state index contributed by atoms with van der Waals surface area (Å²) in [5.74, 6) is 0.817. The highest BCUT2D eigenvalue weighted by molar-refractivity contribution is 14.1. The molecule has 1 saturated heterocycles. The Bertz CT molecular complexity index is 393. The number of alkyl halides is 1. The fraction of sp³-hybridized carbons (Fsp3) is 0.417. The zero-order chi connectivity index (χ0) is 12.3. The van der Waals surface area contributed by atoms with Crippen LogP contribution in [-0.4, -0.2) is 23.7 Å². The van der Waals surface area contributed by atoms with Crippen LogP contribution in [0.3, 0.4) is 0 Å². The lowest BCUT2D eigenvalue weighted by Gasteiger charge is -2.29. The maximum absolute atomic E-state index is 11.4. The smallest absolute Gasteiger partial charge is 0.407 e. The minimum Gasteiger partial charge on any atom is -0.497 e. The molecule has 2 rings (SSSR count). The van der Waals surface area contributed by atoms with E-state index in [9.17, 15) is 4.79 Å². The summed E-state index contributed by atoms with van der Waals surface area (Å²) in [5, 5.41) is 2.83. The molecule has 4 nitrogen and oxygen atoms in total. The Morgan fingerprint density at radius 2 is 2.18 bits per heavy atom. The summed E-state index contributed by atoms with van der Waals surface area (Å²) in [6, 6.07) is 7.77. The van der Waals surface area contributed by atoms with Crippen molar-refractivity contribution in [3.63, 3.8) is 0 Å². The second kappa shape index (κ2) is 5.57. The summed E-state index contributed by atoms with van der Waals surface area (Å²) in [5.41, 5.74) is 1.08. The van der Waals surface area contributed by atoms with Crippen molar-refractivity contribution < 1.29 is 14.3 Å². The van der Waals surface area contributed by atoms with Gasteiger partial charge in [0.2, 0.25) is 0 Å². The van der Waals surface area contributed by atoms with Crippen molar-refractivity contribution in [2.24, 2.45) is 0 Å². The first-order valence-corrected chi connectivity index (χ1v) is 6.92. The summed E-state index contributed by atoms with van der Waals surface area (Å²) in [4.78, 5) is 11.4. The van der Waals surface area contributed by atoms with Crippen LogP contribution in [0.1, 0.15) is 18.0 Å². The molecule has 92 valence electrons. The average Bonchev–Trinajstić information content (AvgIpc) is 2.38. The number of amides is 1. The van der Waals surface area contributed by atoms with E-state index in [4.69, 9.17) is 9.47 Å². The maximum Gasteiger partial charge on any atom is 0.407 e. The molecule has 5 heteroatoms. The highest BCUT2D eigenvalue weighted by Gasteiger charge is 2.27. The predicted octanol–water partition coefficient (Wildman–Crippen LogP) is 2.67. The molecular weight excluding hydrogens is 333 g/mol. The maximum atomic E-state index is 11.4. The molecule has 0 radical (unpaired) electrons. The summed E-state index contributed by atoms with van der Waals surface area (Å²) in [7, 11) is 1.64. The van der Waals surface area contributed by atoms with Gasteiger partial charge in [-0.15, -0.1) is 0 Å². The summed E-state index contributed by atoms with van der Waals surface area (Å²) in [6.45, 7) is 0. The van der Waals surface area contributed by atoms with Gasteiger partial charge in [-0.2, -0.15) is 0 Å². The van der Waals surface area contributed by atoms with E-state index in [1.165, 1.54) is 0 Å². The topological polar surface area (TPSA) is 47.6 Å². The van der Waals surface area contributed by atoms with Crippen molar-refractivity contribution in [1.82, 2.24) is 5.32 Å². The fourth-order valence-corrected chi connectivity index (χ4v) is 2.39. The molecule has 0 saturated carbocycles. The van der Waals surface area contributed by atoms with E-state index < -0.39 is 0 Å². The molecule has 1 aliphatic rings. The molecule has 17 heavy (non-hydrogen) atoms. The predicted molar refractivity (Wildman–Crippen MR) is 72.6 cm³/mol. The van der Waals surface area contributed by atoms with Gasteiger partial charge in [0.25, 0.3) is 0 Å². The quantitative estimate of drug-likeness (QED) is 0.676. The number of carbonyl (C=O) groups excluding carboxylic acids is 1. The zero-order valence-corrected chi connectivity index (χ0v) is 11.6. The third-order valence-corrected chi connectivity index (χ3v) is 3.74. The van der Waals surface area contributed by atoms with Gasteiger partial charge in [0, 0.05) is 10.8 Å². The van der Waals surface area contributed by atoms with Crippen LogP contribution in [0.25, 0.3) is 0 Å². The van der Waals surface area contributed by atoms with Crippen molar-refractivity contribution in [2.45, 2.75) is 18.6 Å². The molecule has 0 spiro atoms. The number of nitrogens with one attached hydrogen (secondary N) is 1. The van der Waals surface area contributed by atoms with E-state index >= 15 is 0 Å². The Morgan fingerprint density at radius 3 is 2.76 bits per heavy atom. The molecule has 1 fully saturated rings. The number of hydrogen-bond donors (Lipinski definition) is 1. The van der Waals surface area contributed by atoms with Crippen molar-refractivity contribution in [3.8, 4) is 5.75 Å². The van der Waals surface area contributed by atoms with Gasteiger partial charge in [0.05, 0.1) is 13.2 Å². The zero-order valence-electron chi connectivity index (χ0n) is 9.48. The largest absolute Gasteiger partial charge is 0.497 e. The number of benzene rings is 1. The second-order valence-corrected chi connectivity index (χ2v) is 4.77. The first-order valence-electron chi connectivity index (χ1n) is 5.40. The lowest BCUT2D eigenvalue weighted by Crippen LogP contribution is -2.41. The molecule has 0 bridgehead atoms. The summed E-state index contributed by atoms with van der Waals surface area (Å²) >= 11 is 2.23. The summed E-state index contributed by atoms with van der Waals surface area (Å²) in [6.07, 6.45) is 0.469. The van der Waals surface area contributed by atoms with Gasteiger partial charge in [-0.05, 0) is 17.7 Å². The number of methoxy groups -OCH3 is 1. The first kappa shape index (κ1) is 12.5. The number of cyclic esters (lactones) is 1. The number of alkyl carbamates (subject to hydrolysis) is 1.